The minimum Gasteiger partial charge on any atom is -0.457 e. The molecule has 0 spiro atoms. The molecule has 0 bridgehead atoms. The average Bonchev–Trinajstić information content (AvgIpc) is 3.29. The van der Waals surface area contributed by atoms with E-state index >= 15 is 0 Å². The lowest BCUT2D eigenvalue weighted by molar-refractivity contribution is -0.126. The maximum atomic E-state index is 14.2. The molecule has 34 heavy (non-hydrogen) atoms. The molecule has 1 aromatic heterocycles. The van der Waals surface area contributed by atoms with Gasteiger partial charge in [0.25, 0.3) is 0 Å². The summed E-state index contributed by atoms with van der Waals surface area (Å²) in [7, 11) is 0. The van der Waals surface area contributed by atoms with Crippen LogP contribution in [-0.4, -0.2) is 37.0 Å². The fourth-order valence-electron chi connectivity index (χ4n) is 3.57. The third kappa shape index (κ3) is 4.89. The van der Waals surface area contributed by atoms with Crippen molar-refractivity contribution in [3.05, 3.63) is 80.5 Å². The number of benzene rings is 2. The first kappa shape index (κ1) is 24.4. The lowest BCUT2D eigenvalue weighted by atomic mass is 10.2. The summed E-state index contributed by atoms with van der Waals surface area (Å²) in [5.74, 6) is -5.90. The van der Waals surface area contributed by atoms with Crippen molar-refractivity contribution in [2.75, 3.05) is 31.1 Å². The first-order chi connectivity index (χ1) is 16.2. The van der Waals surface area contributed by atoms with E-state index in [4.69, 9.17) is 39.2 Å². The van der Waals surface area contributed by atoms with E-state index in [0.717, 1.165) is 4.90 Å². The first-order valence-corrected chi connectivity index (χ1v) is 11.1. The number of hydrogen-bond donors (Lipinski definition) is 0. The maximum absolute atomic E-state index is 14.2. The molecule has 0 aliphatic carbocycles. The highest BCUT2D eigenvalue weighted by molar-refractivity contribution is 6.35. The van der Waals surface area contributed by atoms with Crippen LogP contribution in [0.3, 0.4) is 0 Å². The van der Waals surface area contributed by atoms with Gasteiger partial charge in [0.1, 0.15) is 22.2 Å². The summed E-state index contributed by atoms with van der Waals surface area (Å²) in [6, 6.07) is 8.35. The Hall–Kier alpha value is -2.68. The van der Waals surface area contributed by atoms with Crippen molar-refractivity contribution < 1.29 is 26.8 Å². The molecule has 1 fully saturated rings. The van der Waals surface area contributed by atoms with Gasteiger partial charge in [-0.05, 0) is 36.4 Å². The summed E-state index contributed by atoms with van der Waals surface area (Å²) < 4.78 is 61.6. The van der Waals surface area contributed by atoms with Crippen LogP contribution in [0, 0.1) is 23.3 Å². The molecule has 11 heteroatoms. The van der Waals surface area contributed by atoms with Crippen LogP contribution in [0.4, 0.5) is 23.2 Å². The standard InChI is InChI=1S/C23H15Cl3F4N2O2/c24-13-9-12(10-14(25)11-13)16-3-1-15(34-16)2-4-17(33)31-5-7-32(8-6-31)23-21(29)19(27)18(26)20(28)22(23)30/h1-4,9-11H,5-8H2/b4-2+. The monoisotopic (exact) mass is 532 g/mol. The average molecular weight is 534 g/mol. The Bertz CT molecular complexity index is 1240. The summed E-state index contributed by atoms with van der Waals surface area (Å²) in [5, 5.41) is -0.333. The van der Waals surface area contributed by atoms with E-state index in [1.54, 1.807) is 30.3 Å². The van der Waals surface area contributed by atoms with E-state index in [-0.39, 0.29) is 32.1 Å². The number of rotatable bonds is 4. The number of piperazine rings is 1. The Balaban J connectivity index is 1.41. The number of carbonyl (C=O) groups excluding carboxylic acids is 1. The molecule has 178 valence electrons. The topological polar surface area (TPSA) is 36.7 Å². The zero-order valence-corrected chi connectivity index (χ0v) is 19.5. The van der Waals surface area contributed by atoms with Gasteiger partial charge in [-0.25, -0.2) is 17.6 Å². The predicted octanol–water partition coefficient (Wildman–Crippen LogP) is 6.83. The van der Waals surface area contributed by atoms with Crippen molar-refractivity contribution in [2.24, 2.45) is 0 Å². The predicted molar refractivity (Wildman–Crippen MR) is 123 cm³/mol. The molecule has 1 aliphatic rings. The van der Waals surface area contributed by atoms with E-state index in [0.29, 0.717) is 27.1 Å². The third-order valence-corrected chi connectivity index (χ3v) is 6.03. The number of hydrogen-bond acceptors (Lipinski definition) is 3. The van der Waals surface area contributed by atoms with Crippen molar-refractivity contribution in [1.29, 1.82) is 0 Å². The number of carbonyl (C=O) groups is 1. The summed E-state index contributed by atoms with van der Waals surface area (Å²) in [4.78, 5) is 15.1. The SMILES string of the molecule is O=C(/C=C/c1ccc(-c2cc(Cl)cc(Cl)c2)o1)N1CCN(c2c(F)c(F)c(Cl)c(F)c2F)CC1. The quantitative estimate of drug-likeness (QED) is 0.160. The zero-order chi connectivity index (χ0) is 24.6. The summed E-state index contributed by atoms with van der Waals surface area (Å²) in [5.41, 5.74) is -0.166. The molecule has 2 heterocycles. The fourth-order valence-corrected chi connectivity index (χ4v) is 4.27. The van der Waals surface area contributed by atoms with E-state index in [1.165, 1.54) is 17.1 Å². The van der Waals surface area contributed by atoms with E-state index in [9.17, 15) is 22.4 Å². The van der Waals surface area contributed by atoms with Crippen molar-refractivity contribution in [3.8, 4) is 11.3 Å². The number of furan rings is 1. The van der Waals surface area contributed by atoms with E-state index < -0.39 is 34.0 Å². The molecule has 2 aromatic carbocycles. The van der Waals surface area contributed by atoms with Crippen LogP contribution in [0.25, 0.3) is 17.4 Å². The van der Waals surface area contributed by atoms with Gasteiger partial charge in [-0.2, -0.15) is 0 Å². The van der Waals surface area contributed by atoms with Gasteiger partial charge in [0.15, 0.2) is 23.3 Å². The number of amides is 1. The second kappa shape index (κ2) is 9.90. The van der Waals surface area contributed by atoms with Gasteiger partial charge in [0.2, 0.25) is 5.91 Å². The lowest BCUT2D eigenvalue weighted by Crippen LogP contribution is -2.49. The smallest absolute Gasteiger partial charge is 0.246 e. The normalized spacial score (nSPS) is 14.3. The maximum Gasteiger partial charge on any atom is 0.246 e. The largest absolute Gasteiger partial charge is 0.457 e. The van der Waals surface area contributed by atoms with Crippen LogP contribution >= 0.6 is 34.8 Å². The van der Waals surface area contributed by atoms with Crippen molar-refractivity contribution >= 4 is 52.5 Å². The van der Waals surface area contributed by atoms with Crippen LogP contribution in [0.15, 0.2) is 40.8 Å². The van der Waals surface area contributed by atoms with Gasteiger partial charge in [-0.15, -0.1) is 0 Å². The van der Waals surface area contributed by atoms with Gasteiger partial charge < -0.3 is 14.2 Å². The summed E-state index contributed by atoms with van der Waals surface area (Å²) >= 11 is 17.3. The Morgan fingerprint density at radius 3 is 2.03 bits per heavy atom. The highest BCUT2D eigenvalue weighted by Gasteiger charge is 2.30. The number of anilines is 1. The van der Waals surface area contributed by atoms with Gasteiger partial charge in [0, 0.05) is 47.9 Å². The van der Waals surface area contributed by atoms with Crippen molar-refractivity contribution in [3.63, 3.8) is 0 Å². The molecule has 0 saturated carbocycles. The minimum absolute atomic E-state index is 0.0334. The molecule has 0 radical (unpaired) electrons. The molecule has 0 atom stereocenters. The number of halogens is 7. The van der Waals surface area contributed by atoms with Crippen LogP contribution in [-0.2, 0) is 4.79 Å². The summed E-state index contributed by atoms with van der Waals surface area (Å²) in [6.45, 7) is 0.0966. The van der Waals surface area contributed by atoms with Crippen LogP contribution in [0.1, 0.15) is 5.76 Å². The lowest BCUT2D eigenvalue weighted by Gasteiger charge is -2.36. The van der Waals surface area contributed by atoms with Crippen molar-refractivity contribution in [2.45, 2.75) is 0 Å². The Morgan fingerprint density at radius 1 is 0.853 bits per heavy atom. The highest BCUT2D eigenvalue weighted by atomic mass is 35.5. The molecular weight excluding hydrogens is 519 g/mol. The molecule has 1 aliphatic heterocycles. The Kier molecular flexibility index (Phi) is 7.12. The molecule has 1 saturated heterocycles. The molecule has 4 rings (SSSR count). The van der Waals surface area contributed by atoms with Gasteiger partial charge in [-0.1, -0.05) is 34.8 Å². The van der Waals surface area contributed by atoms with Crippen molar-refractivity contribution in [1.82, 2.24) is 4.90 Å². The van der Waals surface area contributed by atoms with Gasteiger partial charge in [0.05, 0.1) is 0 Å². The molecule has 4 nitrogen and oxygen atoms in total. The van der Waals surface area contributed by atoms with Crippen LogP contribution in [0.2, 0.25) is 15.1 Å². The van der Waals surface area contributed by atoms with Crippen LogP contribution < -0.4 is 4.90 Å². The third-order valence-electron chi connectivity index (χ3n) is 5.26. The molecule has 0 unspecified atom stereocenters. The van der Waals surface area contributed by atoms with E-state index in [1.807, 2.05) is 0 Å². The second-order valence-corrected chi connectivity index (χ2v) is 8.68. The Labute approximate surface area is 206 Å². The molecular formula is C23H15Cl3F4N2O2. The molecule has 1 amide bonds. The highest BCUT2D eigenvalue weighted by Crippen LogP contribution is 2.34. The number of nitrogens with zero attached hydrogens (tertiary/aromatic N) is 2. The first-order valence-electron chi connectivity index (χ1n) is 9.95. The fraction of sp³-hybridized carbons (Fsp3) is 0.174. The summed E-state index contributed by atoms with van der Waals surface area (Å²) in [6.07, 6.45) is 2.78. The zero-order valence-electron chi connectivity index (χ0n) is 17.2. The molecule has 0 N–H and O–H groups in total. The minimum atomic E-state index is -1.66. The second-order valence-electron chi connectivity index (χ2n) is 7.42. The Morgan fingerprint density at radius 2 is 1.44 bits per heavy atom. The van der Waals surface area contributed by atoms with E-state index in [2.05, 4.69) is 0 Å². The van der Waals surface area contributed by atoms with Gasteiger partial charge >= 0.3 is 0 Å². The van der Waals surface area contributed by atoms with Gasteiger partial charge in [-0.3, -0.25) is 4.79 Å². The van der Waals surface area contributed by atoms with Crippen LogP contribution in [0.5, 0.6) is 0 Å². The molecule has 3 aromatic rings.